The van der Waals surface area contributed by atoms with E-state index >= 15 is 0 Å². The molecule has 2 rings (SSSR count). The van der Waals surface area contributed by atoms with Crippen molar-refractivity contribution in [3.63, 3.8) is 0 Å². The van der Waals surface area contributed by atoms with Gasteiger partial charge in [-0.2, -0.15) is 0 Å². The molecule has 0 aliphatic rings. The van der Waals surface area contributed by atoms with Crippen LogP contribution in [0.5, 0.6) is 0 Å². The third kappa shape index (κ3) is 7.08. The molecule has 0 saturated carbocycles. The molecule has 0 unspecified atom stereocenters. The smallest absolute Gasteiger partial charge is 0.00399 e. The van der Waals surface area contributed by atoms with Crippen LogP contribution in [-0.4, -0.2) is 5.48 Å². The second-order valence-electron chi connectivity index (χ2n) is 2.67. The van der Waals surface area contributed by atoms with Gasteiger partial charge in [0.2, 0.25) is 0 Å². The second kappa shape index (κ2) is 8.41. The molecule has 0 aliphatic heterocycles. The molecule has 0 spiro atoms. The maximum Gasteiger partial charge on any atom is 0.00399 e. The summed E-state index contributed by atoms with van der Waals surface area (Å²) in [6.45, 7) is 0. The summed E-state index contributed by atoms with van der Waals surface area (Å²) in [6, 6.07) is 19.6. The molecule has 0 heterocycles. The lowest BCUT2D eigenvalue weighted by Crippen LogP contribution is -1.56. The number of benzene rings is 2. The van der Waals surface area contributed by atoms with Gasteiger partial charge >= 0.3 is 0 Å². The molecule has 2 aromatic carbocycles. The zero-order valence-electron chi connectivity index (χ0n) is 8.17. The van der Waals surface area contributed by atoms with Crippen molar-refractivity contribution in [3.05, 3.63) is 60.7 Å². The minimum absolute atomic E-state index is 0. The lowest BCUT2D eigenvalue weighted by molar-refractivity contribution is 0.824. The van der Waals surface area contributed by atoms with E-state index in [0.717, 1.165) is 9.79 Å². The number of rotatable bonds is 0. The first kappa shape index (κ1) is 14.1. The molecule has 0 atom stereocenters. The lowest BCUT2D eigenvalue weighted by atomic mass is 10.4. The Hall–Kier alpha value is -0.900. The zero-order valence-corrected chi connectivity index (χ0v) is 9.96. The van der Waals surface area contributed by atoms with E-state index in [9.17, 15) is 0 Å². The van der Waals surface area contributed by atoms with Crippen molar-refractivity contribution in [2.45, 2.75) is 9.79 Å². The van der Waals surface area contributed by atoms with Gasteiger partial charge in [-0.1, -0.05) is 36.4 Å². The number of thiol groups is 2. The van der Waals surface area contributed by atoms with Crippen LogP contribution in [0.3, 0.4) is 0 Å². The maximum absolute atomic E-state index is 4.08. The summed E-state index contributed by atoms with van der Waals surface area (Å²) in [5, 5.41) is 0. The Morgan fingerprint density at radius 3 is 0.933 bits per heavy atom. The van der Waals surface area contributed by atoms with Crippen LogP contribution >= 0.6 is 25.3 Å². The van der Waals surface area contributed by atoms with E-state index < -0.39 is 0 Å². The predicted octanol–water partition coefficient (Wildman–Crippen LogP) is 3.13. The Labute approximate surface area is 101 Å². The summed E-state index contributed by atoms with van der Waals surface area (Å²) in [5.74, 6) is 0. The van der Waals surface area contributed by atoms with Gasteiger partial charge in [0.05, 0.1) is 0 Å². The monoisotopic (exact) mass is 238 g/mol. The molecule has 0 fully saturated rings. The van der Waals surface area contributed by atoms with Crippen molar-refractivity contribution in [2.75, 3.05) is 0 Å². The zero-order chi connectivity index (χ0) is 10.2. The fourth-order valence-corrected chi connectivity index (χ4v) is 1.20. The highest BCUT2D eigenvalue weighted by atomic mass is 32.1. The van der Waals surface area contributed by atoms with Gasteiger partial charge < -0.3 is 5.48 Å². The molecular formula is C12H14OS2. The predicted molar refractivity (Wildman–Crippen MR) is 71.0 cm³/mol. The van der Waals surface area contributed by atoms with Gasteiger partial charge in [0.15, 0.2) is 0 Å². The van der Waals surface area contributed by atoms with Gasteiger partial charge in [-0.3, -0.25) is 0 Å². The molecule has 80 valence electrons. The van der Waals surface area contributed by atoms with E-state index in [0.29, 0.717) is 0 Å². The molecule has 0 aliphatic carbocycles. The highest BCUT2D eigenvalue weighted by Crippen LogP contribution is 2.01. The van der Waals surface area contributed by atoms with Gasteiger partial charge in [0.25, 0.3) is 0 Å². The second-order valence-corrected chi connectivity index (χ2v) is 3.70. The fourth-order valence-electron chi connectivity index (χ4n) is 0.856. The minimum atomic E-state index is 0. The molecule has 3 heteroatoms. The quantitative estimate of drug-likeness (QED) is 0.661. The van der Waals surface area contributed by atoms with Crippen LogP contribution in [-0.2, 0) is 0 Å². The fraction of sp³-hybridized carbons (Fsp3) is 0. The topological polar surface area (TPSA) is 31.5 Å². The molecule has 0 aromatic heterocycles. The van der Waals surface area contributed by atoms with Crippen molar-refractivity contribution in [2.24, 2.45) is 0 Å². The first-order chi connectivity index (χ1) is 6.79. The molecule has 0 radical (unpaired) electrons. The van der Waals surface area contributed by atoms with Crippen LogP contribution in [0.25, 0.3) is 0 Å². The Kier molecular flexibility index (Phi) is 7.91. The normalized spacial score (nSPS) is 8.13. The summed E-state index contributed by atoms with van der Waals surface area (Å²) in [5.41, 5.74) is 0. The van der Waals surface area contributed by atoms with Gasteiger partial charge in [-0.15, -0.1) is 25.3 Å². The van der Waals surface area contributed by atoms with Crippen LogP contribution in [0, 0.1) is 0 Å². The molecule has 2 N–H and O–H groups in total. The van der Waals surface area contributed by atoms with E-state index in [-0.39, 0.29) is 5.48 Å². The Bertz CT molecular complexity index is 311. The Balaban J connectivity index is 0.000000245. The highest BCUT2D eigenvalue weighted by molar-refractivity contribution is 7.80. The molecule has 0 saturated heterocycles. The van der Waals surface area contributed by atoms with E-state index in [2.05, 4.69) is 25.3 Å². The first-order valence-corrected chi connectivity index (χ1v) is 5.16. The van der Waals surface area contributed by atoms with Gasteiger partial charge in [0, 0.05) is 9.79 Å². The Morgan fingerprint density at radius 1 is 0.533 bits per heavy atom. The van der Waals surface area contributed by atoms with E-state index in [1.807, 2.05) is 60.7 Å². The maximum atomic E-state index is 4.08. The Morgan fingerprint density at radius 2 is 0.800 bits per heavy atom. The van der Waals surface area contributed by atoms with Crippen molar-refractivity contribution in [3.8, 4) is 0 Å². The SMILES string of the molecule is O.Sc1ccccc1.Sc1ccccc1. The first-order valence-electron chi connectivity index (χ1n) is 4.27. The molecule has 1 nitrogen and oxygen atoms in total. The average Bonchev–Trinajstić information content (AvgIpc) is 2.21. The molecule has 0 amide bonds. The molecule has 0 bridgehead atoms. The van der Waals surface area contributed by atoms with E-state index in [1.54, 1.807) is 0 Å². The van der Waals surface area contributed by atoms with E-state index in [4.69, 9.17) is 0 Å². The van der Waals surface area contributed by atoms with Crippen molar-refractivity contribution in [1.29, 1.82) is 0 Å². The number of hydrogen-bond donors (Lipinski definition) is 2. The third-order valence-corrected chi connectivity index (χ3v) is 2.11. The average molecular weight is 238 g/mol. The van der Waals surface area contributed by atoms with Gasteiger partial charge in [-0.25, -0.2) is 0 Å². The van der Waals surface area contributed by atoms with Crippen LogP contribution in [0.2, 0.25) is 0 Å². The molecule has 2 aromatic rings. The van der Waals surface area contributed by atoms with Gasteiger partial charge in [-0.05, 0) is 24.3 Å². The van der Waals surface area contributed by atoms with Crippen LogP contribution in [0.1, 0.15) is 0 Å². The van der Waals surface area contributed by atoms with Crippen LogP contribution < -0.4 is 0 Å². The standard InChI is InChI=1S/2C6H6S.H2O/c2*7-6-4-2-1-3-5-6;/h2*1-5,7H;1H2. The summed E-state index contributed by atoms with van der Waals surface area (Å²) >= 11 is 8.17. The third-order valence-electron chi connectivity index (χ3n) is 1.51. The van der Waals surface area contributed by atoms with Crippen molar-refractivity contribution >= 4 is 25.3 Å². The highest BCUT2D eigenvalue weighted by Gasteiger charge is 1.73. The molecular weight excluding hydrogens is 224 g/mol. The van der Waals surface area contributed by atoms with Crippen LogP contribution in [0.4, 0.5) is 0 Å². The number of hydrogen-bond acceptors (Lipinski definition) is 2. The summed E-state index contributed by atoms with van der Waals surface area (Å²) in [7, 11) is 0. The summed E-state index contributed by atoms with van der Waals surface area (Å²) in [6.07, 6.45) is 0. The summed E-state index contributed by atoms with van der Waals surface area (Å²) < 4.78 is 0. The van der Waals surface area contributed by atoms with Crippen molar-refractivity contribution in [1.82, 2.24) is 0 Å². The van der Waals surface area contributed by atoms with E-state index in [1.165, 1.54) is 0 Å². The molecule has 15 heavy (non-hydrogen) atoms. The van der Waals surface area contributed by atoms with Gasteiger partial charge in [0.1, 0.15) is 0 Å². The minimum Gasteiger partial charge on any atom is -0.412 e. The lowest BCUT2D eigenvalue weighted by Gasteiger charge is -1.81. The summed E-state index contributed by atoms with van der Waals surface area (Å²) in [4.78, 5) is 2.03. The van der Waals surface area contributed by atoms with Crippen molar-refractivity contribution < 1.29 is 5.48 Å². The van der Waals surface area contributed by atoms with Crippen LogP contribution in [0.15, 0.2) is 70.5 Å². The largest absolute Gasteiger partial charge is 0.412 e.